The van der Waals surface area contributed by atoms with E-state index in [0.29, 0.717) is 24.8 Å². The van der Waals surface area contributed by atoms with Crippen LogP contribution in [-0.4, -0.2) is 69.4 Å². The van der Waals surface area contributed by atoms with Crippen LogP contribution in [0.1, 0.15) is 44.9 Å². The molecule has 0 aromatic heterocycles. The highest BCUT2D eigenvalue weighted by atomic mass is 32.2. The number of carbonyl (C=O) groups excluding carboxylic acids is 1. The second-order valence-corrected chi connectivity index (χ2v) is 10.00. The van der Waals surface area contributed by atoms with Gasteiger partial charge in [0.15, 0.2) is 15.8 Å². The Morgan fingerprint density at radius 2 is 2.04 bits per heavy atom. The molecule has 3 fully saturated rings. The zero-order valence-electron chi connectivity index (χ0n) is 15.1. The highest BCUT2D eigenvalue weighted by Crippen LogP contribution is 2.45. The summed E-state index contributed by atoms with van der Waals surface area (Å²) in [5.41, 5.74) is 0.489. The van der Waals surface area contributed by atoms with Crippen LogP contribution in [0.5, 0.6) is 0 Å². The van der Waals surface area contributed by atoms with E-state index in [-0.39, 0.29) is 23.5 Å². The summed E-state index contributed by atoms with van der Waals surface area (Å²) in [6, 6.07) is -0.224. The number of carbonyl (C=O) groups is 1. The van der Waals surface area contributed by atoms with E-state index in [4.69, 9.17) is 0 Å². The minimum Gasteiger partial charge on any atom is -0.356 e. The van der Waals surface area contributed by atoms with Gasteiger partial charge in [0, 0.05) is 39.1 Å². The van der Waals surface area contributed by atoms with Crippen molar-refractivity contribution < 1.29 is 13.2 Å². The Morgan fingerprint density at radius 1 is 1.28 bits per heavy atom. The van der Waals surface area contributed by atoms with Crippen molar-refractivity contribution in [1.82, 2.24) is 15.5 Å². The van der Waals surface area contributed by atoms with Gasteiger partial charge in [-0.1, -0.05) is 12.8 Å². The number of hydrogen-bond donors (Lipinski definition) is 2. The van der Waals surface area contributed by atoms with Crippen LogP contribution in [-0.2, 0) is 14.6 Å². The van der Waals surface area contributed by atoms with Crippen molar-refractivity contribution in [2.75, 3.05) is 38.2 Å². The summed E-state index contributed by atoms with van der Waals surface area (Å²) in [6.45, 7) is 2.62. The molecule has 7 nitrogen and oxygen atoms in total. The predicted octanol–water partition coefficient (Wildman–Crippen LogP) is 0.521. The minimum atomic E-state index is -2.96. The van der Waals surface area contributed by atoms with Crippen LogP contribution in [0.25, 0.3) is 0 Å². The molecule has 1 atom stereocenters. The topological polar surface area (TPSA) is 90.9 Å². The second kappa shape index (κ2) is 7.51. The molecule has 25 heavy (non-hydrogen) atoms. The van der Waals surface area contributed by atoms with E-state index >= 15 is 0 Å². The van der Waals surface area contributed by atoms with Gasteiger partial charge >= 0.3 is 0 Å². The zero-order chi connectivity index (χ0) is 17.9. The van der Waals surface area contributed by atoms with Gasteiger partial charge in [0.25, 0.3) is 0 Å². The standard InChI is InChI=1S/C17H30N4O3S/c1-18-16(21-10-8-17(13-21)6-2-3-7-17)19-9-4-15(22)20-14-5-11-25(23,24)12-14/h14H,2-13H2,1H3,(H,18,19)(H,20,22). The molecule has 3 aliphatic rings. The first kappa shape index (κ1) is 18.5. The van der Waals surface area contributed by atoms with E-state index in [2.05, 4.69) is 20.5 Å². The summed E-state index contributed by atoms with van der Waals surface area (Å²) >= 11 is 0. The Balaban J connectivity index is 1.39. The molecule has 2 saturated heterocycles. The number of aliphatic imine (C=N–C) groups is 1. The number of nitrogens with one attached hydrogen (secondary N) is 2. The van der Waals surface area contributed by atoms with E-state index in [1.807, 2.05) is 0 Å². The van der Waals surface area contributed by atoms with E-state index in [0.717, 1.165) is 19.0 Å². The first-order valence-electron chi connectivity index (χ1n) is 9.37. The van der Waals surface area contributed by atoms with Crippen LogP contribution < -0.4 is 10.6 Å². The number of amides is 1. The quantitative estimate of drug-likeness (QED) is 0.556. The number of nitrogens with zero attached hydrogens (tertiary/aromatic N) is 2. The lowest BCUT2D eigenvalue weighted by Gasteiger charge is -2.25. The van der Waals surface area contributed by atoms with Crippen LogP contribution >= 0.6 is 0 Å². The highest BCUT2D eigenvalue weighted by Gasteiger charge is 2.41. The Kier molecular flexibility index (Phi) is 5.55. The summed E-state index contributed by atoms with van der Waals surface area (Å²) in [4.78, 5) is 18.7. The molecule has 1 saturated carbocycles. The summed E-state index contributed by atoms with van der Waals surface area (Å²) < 4.78 is 22.9. The molecule has 1 amide bonds. The number of hydrogen-bond acceptors (Lipinski definition) is 4. The van der Waals surface area contributed by atoms with Crippen molar-refractivity contribution in [3.8, 4) is 0 Å². The van der Waals surface area contributed by atoms with Gasteiger partial charge in [0.2, 0.25) is 5.91 Å². The molecular formula is C17H30N4O3S. The van der Waals surface area contributed by atoms with Crippen LogP contribution in [0, 0.1) is 5.41 Å². The summed E-state index contributed by atoms with van der Waals surface area (Å²) in [6.07, 6.45) is 7.44. The molecule has 1 aliphatic carbocycles. The van der Waals surface area contributed by atoms with Gasteiger partial charge in [0.05, 0.1) is 11.5 Å². The second-order valence-electron chi connectivity index (χ2n) is 7.77. The van der Waals surface area contributed by atoms with Crippen molar-refractivity contribution in [2.24, 2.45) is 10.4 Å². The Morgan fingerprint density at radius 3 is 2.68 bits per heavy atom. The van der Waals surface area contributed by atoms with Crippen molar-refractivity contribution in [1.29, 1.82) is 0 Å². The van der Waals surface area contributed by atoms with E-state index in [9.17, 15) is 13.2 Å². The average Bonchev–Trinajstić information content (AvgIpc) is 3.27. The first-order chi connectivity index (χ1) is 11.9. The maximum Gasteiger partial charge on any atom is 0.222 e. The molecule has 1 spiro atoms. The third-order valence-corrected chi connectivity index (χ3v) is 7.61. The van der Waals surface area contributed by atoms with Gasteiger partial charge in [-0.3, -0.25) is 9.79 Å². The van der Waals surface area contributed by atoms with Crippen LogP contribution in [0.15, 0.2) is 4.99 Å². The monoisotopic (exact) mass is 370 g/mol. The number of rotatable bonds is 4. The molecule has 3 rings (SSSR count). The summed E-state index contributed by atoms with van der Waals surface area (Å²) in [7, 11) is -1.17. The average molecular weight is 371 g/mol. The third-order valence-electron chi connectivity index (χ3n) is 5.85. The lowest BCUT2D eigenvalue weighted by atomic mass is 9.86. The smallest absolute Gasteiger partial charge is 0.222 e. The number of guanidine groups is 1. The Bertz CT molecular complexity index is 626. The molecule has 1 unspecified atom stereocenters. The Labute approximate surface area is 150 Å². The van der Waals surface area contributed by atoms with Crippen LogP contribution in [0.4, 0.5) is 0 Å². The van der Waals surface area contributed by atoms with E-state index in [1.165, 1.54) is 32.1 Å². The maximum absolute atomic E-state index is 12.0. The molecule has 2 heterocycles. The predicted molar refractivity (Wildman–Crippen MR) is 98.3 cm³/mol. The molecule has 2 N–H and O–H groups in total. The van der Waals surface area contributed by atoms with Gasteiger partial charge in [-0.05, 0) is 31.1 Å². The van der Waals surface area contributed by atoms with Gasteiger partial charge in [-0.15, -0.1) is 0 Å². The van der Waals surface area contributed by atoms with Gasteiger partial charge < -0.3 is 15.5 Å². The minimum absolute atomic E-state index is 0.0731. The van der Waals surface area contributed by atoms with Crippen LogP contribution in [0.3, 0.4) is 0 Å². The molecule has 2 aliphatic heterocycles. The van der Waals surface area contributed by atoms with Crippen molar-refractivity contribution >= 4 is 21.7 Å². The van der Waals surface area contributed by atoms with Crippen LogP contribution in [0.2, 0.25) is 0 Å². The third kappa shape index (κ3) is 4.65. The van der Waals surface area contributed by atoms with E-state index in [1.54, 1.807) is 7.05 Å². The molecular weight excluding hydrogens is 340 g/mol. The fourth-order valence-corrected chi connectivity index (χ4v) is 6.15. The molecule has 0 aromatic rings. The first-order valence-corrected chi connectivity index (χ1v) is 11.2. The van der Waals surface area contributed by atoms with Gasteiger partial charge in [-0.2, -0.15) is 0 Å². The van der Waals surface area contributed by atoms with Gasteiger partial charge in [-0.25, -0.2) is 8.42 Å². The lowest BCUT2D eigenvalue weighted by Crippen LogP contribution is -2.43. The van der Waals surface area contributed by atoms with Crippen molar-refractivity contribution in [3.05, 3.63) is 0 Å². The number of likely N-dealkylation sites (tertiary alicyclic amines) is 1. The largest absolute Gasteiger partial charge is 0.356 e. The van der Waals surface area contributed by atoms with Gasteiger partial charge in [0.1, 0.15) is 0 Å². The zero-order valence-corrected chi connectivity index (χ0v) is 15.9. The SMILES string of the molecule is CN=C(NCCC(=O)NC1CCS(=O)(=O)C1)N1CCC2(CCCC2)C1. The molecule has 8 heteroatoms. The molecule has 142 valence electrons. The molecule has 0 aromatic carbocycles. The number of sulfone groups is 1. The van der Waals surface area contributed by atoms with Crippen molar-refractivity contribution in [2.45, 2.75) is 51.0 Å². The molecule has 0 bridgehead atoms. The normalized spacial score (nSPS) is 27.8. The maximum atomic E-state index is 12.0. The van der Waals surface area contributed by atoms with E-state index < -0.39 is 9.84 Å². The highest BCUT2D eigenvalue weighted by molar-refractivity contribution is 7.91. The van der Waals surface area contributed by atoms with Crippen molar-refractivity contribution in [3.63, 3.8) is 0 Å². The fraction of sp³-hybridized carbons (Fsp3) is 0.882. The Hall–Kier alpha value is -1.31. The molecule has 0 radical (unpaired) electrons. The fourth-order valence-electron chi connectivity index (χ4n) is 4.48. The summed E-state index contributed by atoms with van der Waals surface area (Å²) in [5, 5.41) is 6.11. The lowest BCUT2D eigenvalue weighted by molar-refractivity contribution is -0.121. The summed E-state index contributed by atoms with van der Waals surface area (Å²) in [5.74, 6) is 1.03.